The molecule has 0 aromatic heterocycles. The van der Waals surface area contributed by atoms with E-state index >= 15 is 0 Å². The Hall–Kier alpha value is -1.91. The van der Waals surface area contributed by atoms with Gasteiger partial charge in [-0.1, -0.05) is 29.8 Å². The van der Waals surface area contributed by atoms with Gasteiger partial charge >= 0.3 is 5.97 Å². The predicted molar refractivity (Wildman–Crippen MR) is 71.7 cm³/mol. The first kappa shape index (κ1) is 14.5. The Kier molecular flexibility index (Phi) is 4.71. The fourth-order valence-electron chi connectivity index (χ4n) is 2.30. The number of hydrogen-bond donors (Lipinski definition) is 0. The highest BCUT2D eigenvalue weighted by molar-refractivity contribution is 5.88. The summed E-state index contributed by atoms with van der Waals surface area (Å²) in [5.74, 6) is -0.576. The summed E-state index contributed by atoms with van der Waals surface area (Å²) in [7, 11) is 0. The summed E-state index contributed by atoms with van der Waals surface area (Å²) in [5, 5.41) is 0. The Bertz CT molecular complexity index is 486. The van der Waals surface area contributed by atoms with E-state index in [1.807, 2.05) is 31.2 Å². The number of benzene rings is 1. The molecule has 5 heteroatoms. The van der Waals surface area contributed by atoms with Crippen LogP contribution < -0.4 is 0 Å². The molecule has 0 spiro atoms. The van der Waals surface area contributed by atoms with E-state index in [9.17, 15) is 14.0 Å². The van der Waals surface area contributed by atoms with Gasteiger partial charge in [0.1, 0.15) is 19.3 Å². The van der Waals surface area contributed by atoms with Crippen molar-refractivity contribution < 1.29 is 18.7 Å². The molecule has 1 saturated heterocycles. The molecule has 1 amide bonds. The fourth-order valence-corrected chi connectivity index (χ4v) is 2.30. The van der Waals surface area contributed by atoms with E-state index in [0.717, 1.165) is 11.1 Å². The van der Waals surface area contributed by atoms with Crippen molar-refractivity contribution in [3.8, 4) is 0 Å². The lowest BCUT2D eigenvalue weighted by atomic mass is 10.1. The first-order valence-electron chi connectivity index (χ1n) is 6.69. The summed E-state index contributed by atoms with van der Waals surface area (Å²) in [5.41, 5.74) is 2.11. The lowest BCUT2D eigenvalue weighted by molar-refractivity contribution is -0.152. The van der Waals surface area contributed by atoms with Crippen LogP contribution in [0.15, 0.2) is 24.3 Å². The van der Waals surface area contributed by atoms with E-state index in [4.69, 9.17) is 4.74 Å². The summed E-state index contributed by atoms with van der Waals surface area (Å²) < 4.78 is 16.8. The van der Waals surface area contributed by atoms with Gasteiger partial charge in [0.2, 0.25) is 5.91 Å². The van der Waals surface area contributed by atoms with Gasteiger partial charge in [-0.2, -0.15) is 0 Å². The van der Waals surface area contributed by atoms with Crippen LogP contribution in [0.5, 0.6) is 0 Å². The number of alkyl halides is 1. The molecule has 1 heterocycles. The molecule has 0 unspecified atom stereocenters. The third kappa shape index (κ3) is 3.35. The molecule has 1 aliphatic rings. The molecule has 108 valence electrons. The van der Waals surface area contributed by atoms with E-state index < -0.39 is 18.7 Å². The number of esters is 1. The fraction of sp³-hybridized carbons (Fsp3) is 0.467. The maximum absolute atomic E-state index is 12.0. The van der Waals surface area contributed by atoms with Gasteiger partial charge < -0.3 is 9.64 Å². The maximum Gasteiger partial charge on any atom is 0.328 e. The zero-order valence-electron chi connectivity index (χ0n) is 11.5. The molecule has 0 bridgehead atoms. The molecule has 0 aliphatic carbocycles. The van der Waals surface area contributed by atoms with Gasteiger partial charge in [0, 0.05) is 13.0 Å². The molecule has 20 heavy (non-hydrogen) atoms. The topological polar surface area (TPSA) is 46.6 Å². The zero-order chi connectivity index (χ0) is 14.5. The highest BCUT2D eigenvalue weighted by Crippen LogP contribution is 2.22. The summed E-state index contributed by atoms with van der Waals surface area (Å²) in [4.78, 5) is 25.2. The Morgan fingerprint density at radius 2 is 2.10 bits per heavy atom. The molecule has 1 atom stereocenters. The van der Waals surface area contributed by atoms with Crippen LogP contribution in [0.4, 0.5) is 4.39 Å². The van der Waals surface area contributed by atoms with Crippen molar-refractivity contribution in [2.45, 2.75) is 32.4 Å². The minimum atomic E-state index is -0.704. The average molecular weight is 279 g/mol. The Balaban J connectivity index is 2.04. The zero-order valence-corrected chi connectivity index (χ0v) is 11.5. The second-order valence-electron chi connectivity index (χ2n) is 4.92. The standard InChI is InChI=1S/C15H18FNO3/c1-11-2-4-12(5-3-11)10-17-13(6-7-14(17)18)15(19)20-9-8-16/h2-5,13H,6-10H2,1H3/t13-/m0/s1. The van der Waals surface area contributed by atoms with Crippen molar-refractivity contribution in [1.82, 2.24) is 4.90 Å². The molecule has 0 N–H and O–H groups in total. The van der Waals surface area contributed by atoms with Crippen LogP contribution in [0.1, 0.15) is 24.0 Å². The lowest BCUT2D eigenvalue weighted by Crippen LogP contribution is -2.39. The number of halogens is 1. The molecule has 1 aromatic carbocycles. The van der Waals surface area contributed by atoms with Crippen molar-refractivity contribution in [3.63, 3.8) is 0 Å². The van der Waals surface area contributed by atoms with Crippen LogP contribution in [0, 0.1) is 6.92 Å². The van der Waals surface area contributed by atoms with Gasteiger partial charge in [0.25, 0.3) is 0 Å². The molecule has 1 fully saturated rings. The molecule has 1 aromatic rings. The van der Waals surface area contributed by atoms with E-state index in [1.165, 1.54) is 4.90 Å². The van der Waals surface area contributed by atoms with Crippen LogP contribution in [0.2, 0.25) is 0 Å². The molecule has 4 nitrogen and oxygen atoms in total. The van der Waals surface area contributed by atoms with E-state index in [-0.39, 0.29) is 12.5 Å². The number of amides is 1. The number of carbonyl (C=O) groups excluding carboxylic acids is 2. The Labute approximate surface area is 117 Å². The molecule has 0 saturated carbocycles. The molecule has 0 radical (unpaired) electrons. The minimum Gasteiger partial charge on any atom is -0.461 e. The molecular formula is C15H18FNO3. The van der Waals surface area contributed by atoms with Gasteiger partial charge in [-0.15, -0.1) is 0 Å². The highest BCUT2D eigenvalue weighted by Gasteiger charge is 2.36. The second-order valence-corrected chi connectivity index (χ2v) is 4.92. The minimum absolute atomic E-state index is 0.0622. The molecule has 2 rings (SSSR count). The van der Waals surface area contributed by atoms with Crippen molar-refractivity contribution >= 4 is 11.9 Å². The van der Waals surface area contributed by atoms with Crippen LogP contribution in [0.3, 0.4) is 0 Å². The molecular weight excluding hydrogens is 261 g/mol. The monoisotopic (exact) mass is 279 g/mol. The second kappa shape index (κ2) is 6.50. The van der Waals surface area contributed by atoms with Crippen LogP contribution in [-0.2, 0) is 20.9 Å². The summed E-state index contributed by atoms with van der Waals surface area (Å²) in [6, 6.07) is 7.21. The number of hydrogen-bond acceptors (Lipinski definition) is 3. The van der Waals surface area contributed by atoms with Crippen molar-refractivity contribution in [2.24, 2.45) is 0 Å². The number of nitrogens with zero attached hydrogens (tertiary/aromatic N) is 1. The third-order valence-electron chi connectivity index (χ3n) is 3.40. The first-order chi connectivity index (χ1) is 9.61. The third-order valence-corrected chi connectivity index (χ3v) is 3.40. The highest BCUT2D eigenvalue weighted by atomic mass is 19.1. The number of carbonyl (C=O) groups is 2. The van der Waals surface area contributed by atoms with Crippen molar-refractivity contribution in [3.05, 3.63) is 35.4 Å². The molecule has 1 aliphatic heterocycles. The lowest BCUT2D eigenvalue weighted by Gasteiger charge is -2.23. The van der Waals surface area contributed by atoms with E-state index in [2.05, 4.69) is 0 Å². The quantitative estimate of drug-likeness (QED) is 0.774. The summed E-state index contributed by atoms with van der Waals surface area (Å²) in [6.07, 6.45) is 0.775. The maximum atomic E-state index is 12.0. The number of aryl methyl sites for hydroxylation is 1. The largest absolute Gasteiger partial charge is 0.461 e. The van der Waals surface area contributed by atoms with Gasteiger partial charge in [0.15, 0.2) is 0 Å². The van der Waals surface area contributed by atoms with Gasteiger partial charge in [-0.05, 0) is 18.9 Å². The number of rotatable bonds is 5. The van der Waals surface area contributed by atoms with Crippen molar-refractivity contribution in [1.29, 1.82) is 0 Å². The first-order valence-corrected chi connectivity index (χ1v) is 6.69. The van der Waals surface area contributed by atoms with Crippen LogP contribution in [-0.4, -0.2) is 36.1 Å². The van der Waals surface area contributed by atoms with Crippen LogP contribution in [0.25, 0.3) is 0 Å². The summed E-state index contributed by atoms with van der Waals surface area (Å²) in [6.45, 7) is 1.42. The van der Waals surface area contributed by atoms with Gasteiger partial charge in [-0.3, -0.25) is 4.79 Å². The predicted octanol–water partition coefficient (Wildman–Crippen LogP) is 2.00. The number of likely N-dealkylation sites (tertiary alicyclic amines) is 1. The van der Waals surface area contributed by atoms with E-state index in [1.54, 1.807) is 0 Å². The normalized spacial score (nSPS) is 18.4. The van der Waals surface area contributed by atoms with Gasteiger partial charge in [-0.25, -0.2) is 9.18 Å². The Morgan fingerprint density at radius 1 is 1.40 bits per heavy atom. The summed E-state index contributed by atoms with van der Waals surface area (Å²) >= 11 is 0. The smallest absolute Gasteiger partial charge is 0.328 e. The van der Waals surface area contributed by atoms with Crippen molar-refractivity contribution in [2.75, 3.05) is 13.3 Å². The SMILES string of the molecule is Cc1ccc(CN2C(=O)CC[C@H]2C(=O)OCCF)cc1. The van der Waals surface area contributed by atoms with Gasteiger partial charge in [0.05, 0.1) is 0 Å². The average Bonchev–Trinajstić information content (AvgIpc) is 2.80. The Morgan fingerprint density at radius 3 is 2.75 bits per heavy atom. The van der Waals surface area contributed by atoms with E-state index in [0.29, 0.717) is 19.4 Å². The van der Waals surface area contributed by atoms with Crippen LogP contribution >= 0.6 is 0 Å². The number of ether oxygens (including phenoxy) is 1.